The van der Waals surface area contributed by atoms with Crippen LogP contribution in [0.15, 0.2) is 98.1 Å². The Hall–Kier alpha value is -7.13. The number of pyridine rings is 2. The summed E-state index contributed by atoms with van der Waals surface area (Å²) in [5.74, 6) is 1.44. The number of halogens is 1. The molecular formula is C50H53FN8O6. The third-order valence-corrected chi connectivity index (χ3v) is 11.7. The van der Waals surface area contributed by atoms with Gasteiger partial charge in [-0.15, -0.1) is 0 Å². The first-order chi connectivity index (χ1) is 31.1. The third-order valence-electron chi connectivity index (χ3n) is 11.7. The van der Waals surface area contributed by atoms with Crippen molar-refractivity contribution in [1.29, 1.82) is 0 Å². The van der Waals surface area contributed by atoms with Crippen LogP contribution >= 0.6 is 0 Å². The quantitative estimate of drug-likeness (QED) is 0.0681. The average Bonchev–Trinajstić information content (AvgIpc) is 4.05. The van der Waals surface area contributed by atoms with Crippen LogP contribution in [0, 0.1) is 17.7 Å². The molecule has 15 heteroatoms. The lowest BCUT2D eigenvalue weighted by Gasteiger charge is -2.16. The molecule has 0 spiro atoms. The summed E-state index contributed by atoms with van der Waals surface area (Å²) in [6.45, 7) is 0.768. The summed E-state index contributed by atoms with van der Waals surface area (Å²) >= 11 is 0. The van der Waals surface area contributed by atoms with Crippen molar-refractivity contribution < 1.29 is 32.9 Å². The normalized spacial score (nSPS) is 13.3. The Morgan fingerprint density at radius 2 is 1.09 bits per heavy atom. The van der Waals surface area contributed by atoms with Gasteiger partial charge in [-0.05, 0) is 97.2 Å². The molecule has 0 saturated heterocycles. The van der Waals surface area contributed by atoms with Gasteiger partial charge in [-0.25, -0.2) is 14.4 Å². The predicted octanol–water partition coefficient (Wildman–Crippen LogP) is 9.59. The zero-order valence-electron chi connectivity index (χ0n) is 36.5. The number of carbonyl (C=O) groups excluding carboxylic acids is 2. The fourth-order valence-corrected chi connectivity index (χ4v) is 7.94. The van der Waals surface area contributed by atoms with Crippen molar-refractivity contribution in [2.75, 3.05) is 34.5 Å². The highest BCUT2D eigenvalue weighted by molar-refractivity contribution is 6.02. The first-order valence-electron chi connectivity index (χ1n) is 21.3. The molecule has 0 N–H and O–H groups in total. The van der Waals surface area contributed by atoms with Gasteiger partial charge < -0.3 is 18.9 Å². The van der Waals surface area contributed by atoms with Gasteiger partial charge in [0.05, 0.1) is 62.6 Å². The van der Waals surface area contributed by atoms with E-state index < -0.39 is 5.82 Å². The minimum absolute atomic E-state index is 0. The summed E-state index contributed by atoms with van der Waals surface area (Å²) in [7, 11) is 8.43. The number of Topliss-reactive ketones (excluding diaryl/α,β-unsaturated/α-hetero) is 2. The average molecular weight is 881 g/mol. The maximum atomic E-state index is 15.0. The van der Waals surface area contributed by atoms with E-state index in [-0.39, 0.29) is 30.3 Å². The first-order valence-corrected chi connectivity index (χ1v) is 21.3. The molecule has 0 radical (unpaired) electrons. The highest BCUT2D eigenvalue weighted by Crippen LogP contribution is 2.41. The largest absolute Gasteiger partial charge is 0.496 e. The standard InChI is InChI=1S/C26H28N4O4.C23H21FN4O2.CH4/c1-29-16-20(14-28-29)18-6-7-30-21(15-27-25(30)13-18)19-11-23(33-3)26(22(31)10-17-4-5-17)24(12-19)34-9-8-32-2;1-27-13-17(11-26-27)15-5-6-28-19(12-25-22(28)10-15)16-8-18(24)23(21(9-16)30-2)20(29)7-14-3-4-14;/h6-7,11-17H,4-5,8-10H2,1-3H3;5-6,8-14H,3-4,7H2,1-2H3;1H4. The molecule has 0 aliphatic heterocycles. The molecule has 65 heavy (non-hydrogen) atoms. The number of rotatable bonds is 16. The molecule has 10 rings (SSSR count). The molecule has 0 amide bonds. The van der Waals surface area contributed by atoms with Gasteiger partial charge >= 0.3 is 0 Å². The number of ketones is 2. The van der Waals surface area contributed by atoms with Crippen LogP contribution in [0.1, 0.15) is 66.7 Å². The Bertz CT molecular complexity index is 3010. The van der Waals surface area contributed by atoms with Crippen LogP contribution in [0.5, 0.6) is 17.2 Å². The lowest BCUT2D eigenvalue weighted by Crippen LogP contribution is -2.11. The van der Waals surface area contributed by atoms with Crippen LogP contribution in [0.3, 0.4) is 0 Å². The van der Waals surface area contributed by atoms with Crippen molar-refractivity contribution in [3.63, 3.8) is 0 Å². The second-order valence-electron chi connectivity index (χ2n) is 16.4. The lowest BCUT2D eigenvalue weighted by atomic mass is 10.00. The van der Waals surface area contributed by atoms with Crippen LogP contribution in [0.4, 0.5) is 4.39 Å². The Balaban J connectivity index is 0.000000176. The second kappa shape index (κ2) is 18.9. The van der Waals surface area contributed by atoms with E-state index in [0.29, 0.717) is 60.5 Å². The van der Waals surface area contributed by atoms with Crippen molar-refractivity contribution in [2.24, 2.45) is 25.9 Å². The molecule has 14 nitrogen and oxygen atoms in total. The summed E-state index contributed by atoms with van der Waals surface area (Å²) in [6.07, 6.45) is 20.1. The third kappa shape index (κ3) is 9.55. The fraction of sp³-hybridized carbons (Fsp3) is 0.320. The second-order valence-corrected chi connectivity index (χ2v) is 16.4. The first kappa shape index (κ1) is 44.5. The SMILES string of the molecule is C.COCCOc1cc(-c2cnc3cc(-c4cnn(C)c4)ccn23)cc(OC)c1C(=O)CC1CC1.COc1cc(-c2cnc3cc(-c4cnn(C)c4)ccn23)cc(F)c1C(=O)CC1CC1. The van der Waals surface area contributed by atoms with Crippen LogP contribution in [-0.2, 0) is 18.8 Å². The van der Waals surface area contributed by atoms with E-state index in [2.05, 4.69) is 20.2 Å². The molecule has 0 unspecified atom stereocenters. The molecule has 336 valence electrons. The summed E-state index contributed by atoms with van der Waals surface area (Å²) in [5.41, 5.74) is 9.22. The number of benzene rings is 2. The predicted molar refractivity (Wildman–Crippen MR) is 246 cm³/mol. The minimum atomic E-state index is -0.558. The molecule has 0 bridgehead atoms. The van der Waals surface area contributed by atoms with Crippen LogP contribution in [0.25, 0.3) is 56.1 Å². The molecule has 0 atom stereocenters. The van der Waals surface area contributed by atoms with E-state index in [4.69, 9.17) is 18.9 Å². The number of ether oxygens (including phenoxy) is 4. The van der Waals surface area contributed by atoms with Crippen LogP contribution in [-0.4, -0.2) is 84.4 Å². The number of hydrogen-bond acceptors (Lipinski definition) is 10. The summed E-state index contributed by atoms with van der Waals surface area (Å²) in [6, 6.07) is 14.9. The maximum Gasteiger partial charge on any atom is 0.170 e. The number of imidazole rings is 2. The highest BCUT2D eigenvalue weighted by Gasteiger charge is 2.30. The van der Waals surface area contributed by atoms with Crippen molar-refractivity contribution in [3.05, 3.63) is 115 Å². The number of hydrogen-bond donors (Lipinski definition) is 0. The number of nitrogens with zero attached hydrogens (tertiary/aromatic N) is 8. The zero-order valence-corrected chi connectivity index (χ0v) is 36.5. The van der Waals surface area contributed by atoms with E-state index in [9.17, 15) is 14.0 Å². The molecule has 2 saturated carbocycles. The Morgan fingerprint density at radius 1 is 0.615 bits per heavy atom. The Morgan fingerprint density at radius 3 is 1.55 bits per heavy atom. The van der Waals surface area contributed by atoms with Gasteiger partial charge in [-0.1, -0.05) is 7.43 Å². The van der Waals surface area contributed by atoms with Gasteiger partial charge in [0.25, 0.3) is 0 Å². The topological polar surface area (TPSA) is 141 Å². The monoisotopic (exact) mass is 880 g/mol. The van der Waals surface area contributed by atoms with Gasteiger partial charge in [-0.2, -0.15) is 10.2 Å². The Labute approximate surface area is 376 Å². The summed E-state index contributed by atoms with van der Waals surface area (Å²) < 4.78 is 44.6. The number of aromatic nitrogens is 8. The van der Waals surface area contributed by atoms with Crippen LogP contribution < -0.4 is 14.2 Å². The number of fused-ring (bicyclic) bond motifs is 2. The van der Waals surface area contributed by atoms with Gasteiger partial charge in [-0.3, -0.25) is 27.8 Å². The van der Waals surface area contributed by atoms with E-state index in [1.165, 1.54) is 13.2 Å². The smallest absolute Gasteiger partial charge is 0.170 e. The molecule has 2 aliphatic carbocycles. The van der Waals surface area contributed by atoms with Crippen LogP contribution in [0.2, 0.25) is 0 Å². The molecule has 6 heterocycles. The van der Waals surface area contributed by atoms with E-state index >= 15 is 0 Å². The maximum absolute atomic E-state index is 15.0. The lowest BCUT2D eigenvalue weighted by molar-refractivity contribution is 0.0958. The van der Waals surface area contributed by atoms with Crippen molar-refractivity contribution in [2.45, 2.75) is 46.0 Å². The van der Waals surface area contributed by atoms with Crippen molar-refractivity contribution >= 4 is 22.9 Å². The van der Waals surface area contributed by atoms with E-state index in [0.717, 1.165) is 76.2 Å². The molecule has 2 aliphatic rings. The van der Waals surface area contributed by atoms with Gasteiger partial charge in [0.2, 0.25) is 0 Å². The van der Waals surface area contributed by atoms with Crippen molar-refractivity contribution in [1.82, 2.24) is 38.3 Å². The molecule has 2 aromatic carbocycles. The molecule has 2 fully saturated rings. The highest BCUT2D eigenvalue weighted by atomic mass is 19.1. The molecule has 6 aromatic heterocycles. The number of methoxy groups -OCH3 is 3. The fourth-order valence-electron chi connectivity index (χ4n) is 7.94. The number of aryl methyl sites for hydroxylation is 2. The summed E-state index contributed by atoms with van der Waals surface area (Å²) in [5, 5.41) is 8.46. The minimum Gasteiger partial charge on any atom is -0.496 e. The van der Waals surface area contributed by atoms with Crippen molar-refractivity contribution in [3.8, 4) is 62.0 Å². The van der Waals surface area contributed by atoms with Gasteiger partial charge in [0, 0.05) is 81.1 Å². The van der Waals surface area contributed by atoms with E-state index in [1.807, 2.05) is 96.5 Å². The number of carbonyl (C=O) groups is 2. The molecular weight excluding hydrogens is 828 g/mol. The van der Waals surface area contributed by atoms with Gasteiger partial charge in [0.1, 0.15) is 46.5 Å². The Kier molecular flexibility index (Phi) is 12.9. The zero-order chi connectivity index (χ0) is 44.5. The van der Waals surface area contributed by atoms with Gasteiger partial charge in [0.15, 0.2) is 11.6 Å². The summed E-state index contributed by atoms with van der Waals surface area (Å²) in [4.78, 5) is 34.7. The molecule has 8 aromatic rings. The van der Waals surface area contributed by atoms with E-state index in [1.54, 1.807) is 42.0 Å².